The maximum atomic E-state index is 13.0. The van der Waals surface area contributed by atoms with Crippen molar-refractivity contribution in [2.75, 3.05) is 13.1 Å². The molecular weight excluding hydrogens is 372 g/mol. The molecule has 2 fully saturated rings. The molecule has 1 aliphatic heterocycles. The minimum Gasteiger partial charge on any atom is -0.313 e. The maximum Gasteiger partial charge on any atom is 0.244 e. The molecule has 0 bridgehead atoms. The van der Waals surface area contributed by atoms with E-state index in [0.29, 0.717) is 17.5 Å². The lowest BCUT2D eigenvalue weighted by Gasteiger charge is -2.30. The van der Waals surface area contributed by atoms with Crippen molar-refractivity contribution in [2.45, 2.75) is 56.0 Å². The van der Waals surface area contributed by atoms with Gasteiger partial charge in [-0.3, -0.25) is 0 Å². The molecule has 1 saturated heterocycles. The second-order valence-electron chi connectivity index (χ2n) is 5.92. The van der Waals surface area contributed by atoms with Crippen LogP contribution in [0.3, 0.4) is 0 Å². The van der Waals surface area contributed by atoms with Crippen LogP contribution >= 0.6 is 27.3 Å². The molecular formula is C14H21BrN2O2S2. The van der Waals surface area contributed by atoms with Gasteiger partial charge < -0.3 is 5.32 Å². The smallest absolute Gasteiger partial charge is 0.244 e. The lowest BCUT2D eigenvalue weighted by Crippen LogP contribution is -2.46. The van der Waals surface area contributed by atoms with E-state index in [-0.39, 0.29) is 6.04 Å². The van der Waals surface area contributed by atoms with Gasteiger partial charge in [0, 0.05) is 23.5 Å². The zero-order valence-corrected chi connectivity index (χ0v) is 15.4. The highest BCUT2D eigenvalue weighted by Gasteiger charge is 2.40. The van der Waals surface area contributed by atoms with E-state index in [1.54, 1.807) is 10.4 Å². The molecule has 0 amide bonds. The van der Waals surface area contributed by atoms with Crippen LogP contribution in [0.1, 0.15) is 37.0 Å². The Bertz CT molecular complexity index is 604. The second-order valence-corrected chi connectivity index (χ2v) is 10.4. The lowest BCUT2D eigenvalue weighted by atomic mass is 10.1. The number of halogens is 1. The van der Waals surface area contributed by atoms with Gasteiger partial charge in [-0.25, -0.2) is 8.42 Å². The first kappa shape index (κ1) is 15.9. The van der Waals surface area contributed by atoms with Crippen LogP contribution in [0.2, 0.25) is 0 Å². The van der Waals surface area contributed by atoms with E-state index < -0.39 is 10.0 Å². The van der Waals surface area contributed by atoms with Crippen molar-refractivity contribution >= 4 is 37.3 Å². The Labute approximate surface area is 139 Å². The fourth-order valence-corrected chi connectivity index (χ4v) is 7.03. The molecule has 1 saturated carbocycles. The summed E-state index contributed by atoms with van der Waals surface area (Å²) in [5.41, 5.74) is 0. The third kappa shape index (κ3) is 3.52. The molecule has 118 valence electrons. The van der Waals surface area contributed by atoms with Crippen molar-refractivity contribution in [1.82, 2.24) is 9.62 Å². The van der Waals surface area contributed by atoms with Gasteiger partial charge in [0.15, 0.2) is 0 Å². The number of sulfonamides is 1. The molecule has 1 N–H and O–H groups in total. The van der Waals surface area contributed by atoms with E-state index >= 15 is 0 Å². The number of aryl methyl sites for hydroxylation is 1. The van der Waals surface area contributed by atoms with Crippen LogP contribution in [0.5, 0.6) is 0 Å². The zero-order chi connectivity index (χ0) is 15.0. The molecule has 1 unspecified atom stereocenters. The summed E-state index contributed by atoms with van der Waals surface area (Å²) in [5.74, 6) is 0. The van der Waals surface area contributed by atoms with Crippen LogP contribution in [0.4, 0.5) is 0 Å². The van der Waals surface area contributed by atoms with Gasteiger partial charge in [0.1, 0.15) is 0 Å². The molecule has 0 spiro atoms. The molecule has 0 radical (unpaired) electrons. The monoisotopic (exact) mass is 392 g/mol. The Morgan fingerprint density at radius 3 is 2.67 bits per heavy atom. The van der Waals surface area contributed by atoms with Crippen molar-refractivity contribution in [3.05, 3.63) is 14.7 Å². The highest BCUT2D eigenvalue weighted by Crippen LogP contribution is 2.37. The molecule has 3 rings (SSSR count). The average molecular weight is 393 g/mol. The Kier molecular flexibility index (Phi) is 4.76. The minimum atomic E-state index is -3.37. The molecule has 7 heteroatoms. The maximum absolute atomic E-state index is 13.0. The van der Waals surface area contributed by atoms with Crippen molar-refractivity contribution < 1.29 is 8.42 Å². The van der Waals surface area contributed by atoms with Gasteiger partial charge in [0.05, 0.1) is 8.68 Å². The highest BCUT2D eigenvalue weighted by molar-refractivity contribution is 9.11. The second kappa shape index (κ2) is 6.28. The molecule has 1 aliphatic carbocycles. The topological polar surface area (TPSA) is 49.4 Å². The largest absolute Gasteiger partial charge is 0.313 e. The van der Waals surface area contributed by atoms with Gasteiger partial charge in [-0.15, -0.1) is 11.3 Å². The summed E-state index contributed by atoms with van der Waals surface area (Å²) >= 11 is 4.89. The molecule has 21 heavy (non-hydrogen) atoms. The van der Waals surface area contributed by atoms with Crippen LogP contribution in [-0.2, 0) is 10.0 Å². The first-order valence-corrected chi connectivity index (χ1v) is 10.5. The van der Waals surface area contributed by atoms with Crippen molar-refractivity contribution in [3.8, 4) is 0 Å². The Balaban J connectivity index is 1.84. The summed E-state index contributed by atoms with van der Waals surface area (Å²) in [4.78, 5) is 1.34. The van der Waals surface area contributed by atoms with Crippen molar-refractivity contribution in [2.24, 2.45) is 0 Å². The zero-order valence-electron chi connectivity index (χ0n) is 12.1. The number of thiophene rings is 1. The number of nitrogens with zero attached hydrogens (tertiary/aromatic N) is 1. The fraction of sp³-hybridized carbons (Fsp3) is 0.714. The van der Waals surface area contributed by atoms with Gasteiger partial charge in [0.2, 0.25) is 10.0 Å². The van der Waals surface area contributed by atoms with E-state index in [0.717, 1.165) is 34.5 Å². The summed E-state index contributed by atoms with van der Waals surface area (Å²) in [6.45, 7) is 3.50. The molecule has 2 heterocycles. The molecule has 1 aromatic heterocycles. The predicted molar refractivity (Wildman–Crippen MR) is 89.3 cm³/mol. The molecule has 0 aromatic carbocycles. The Morgan fingerprint density at radius 2 is 2.14 bits per heavy atom. The predicted octanol–water partition coefficient (Wildman–Crippen LogP) is 3.11. The van der Waals surface area contributed by atoms with Crippen molar-refractivity contribution in [3.63, 3.8) is 0 Å². The lowest BCUT2D eigenvalue weighted by molar-refractivity contribution is 0.307. The van der Waals surface area contributed by atoms with Crippen LogP contribution in [0.15, 0.2) is 14.7 Å². The normalized spacial score (nSPS) is 23.7. The summed E-state index contributed by atoms with van der Waals surface area (Å²) < 4.78 is 28.6. The van der Waals surface area contributed by atoms with Crippen LogP contribution in [0, 0.1) is 6.92 Å². The quantitative estimate of drug-likeness (QED) is 0.836. The van der Waals surface area contributed by atoms with Gasteiger partial charge in [0.25, 0.3) is 0 Å². The highest BCUT2D eigenvalue weighted by atomic mass is 79.9. The van der Waals surface area contributed by atoms with Gasteiger partial charge in [-0.1, -0.05) is 6.42 Å². The van der Waals surface area contributed by atoms with Gasteiger partial charge in [-0.05, 0) is 61.1 Å². The van der Waals surface area contributed by atoms with E-state index in [1.807, 2.05) is 6.92 Å². The molecule has 1 aromatic rings. The van der Waals surface area contributed by atoms with Crippen molar-refractivity contribution in [1.29, 1.82) is 0 Å². The van der Waals surface area contributed by atoms with Crippen LogP contribution < -0.4 is 5.32 Å². The van der Waals surface area contributed by atoms with E-state index in [4.69, 9.17) is 0 Å². The average Bonchev–Trinajstić information content (AvgIpc) is 3.21. The fourth-order valence-electron chi connectivity index (χ4n) is 2.92. The van der Waals surface area contributed by atoms with E-state index in [1.165, 1.54) is 24.2 Å². The summed E-state index contributed by atoms with van der Waals surface area (Å²) in [6.07, 6.45) is 5.46. The Morgan fingerprint density at radius 1 is 1.38 bits per heavy atom. The van der Waals surface area contributed by atoms with Crippen LogP contribution in [-0.4, -0.2) is 37.9 Å². The molecule has 2 aliphatic rings. The number of rotatable bonds is 5. The first-order chi connectivity index (χ1) is 9.98. The number of hydrogen-bond donors (Lipinski definition) is 1. The van der Waals surface area contributed by atoms with E-state index in [9.17, 15) is 8.42 Å². The first-order valence-electron chi connectivity index (χ1n) is 7.49. The summed E-state index contributed by atoms with van der Waals surface area (Å²) in [6, 6.07) is 2.26. The standard InChI is InChI=1S/C14H21BrN2O2S2/c1-10-13(8-14(15)20-10)21(18,19)17(12-5-6-12)9-11-4-2-3-7-16-11/h8,11-12,16H,2-7,9H2,1H3. The Hall–Kier alpha value is 0.0500. The van der Waals surface area contributed by atoms with Gasteiger partial charge >= 0.3 is 0 Å². The van der Waals surface area contributed by atoms with E-state index in [2.05, 4.69) is 21.2 Å². The summed E-state index contributed by atoms with van der Waals surface area (Å²) in [7, 11) is -3.37. The SMILES string of the molecule is Cc1sc(Br)cc1S(=O)(=O)N(CC1CCCCN1)C1CC1. The van der Waals surface area contributed by atoms with Gasteiger partial charge in [-0.2, -0.15) is 4.31 Å². The minimum absolute atomic E-state index is 0.205. The number of nitrogens with one attached hydrogen (secondary N) is 1. The third-order valence-electron chi connectivity index (χ3n) is 4.20. The van der Waals surface area contributed by atoms with Crippen LogP contribution in [0.25, 0.3) is 0 Å². The number of piperidine rings is 1. The summed E-state index contributed by atoms with van der Waals surface area (Å²) in [5, 5.41) is 3.46. The molecule has 4 nitrogen and oxygen atoms in total. The third-order valence-corrected chi connectivity index (χ3v) is 7.92. The number of hydrogen-bond acceptors (Lipinski definition) is 4. The molecule has 1 atom stereocenters.